The molecule has 0 spiro atoms. The molecule has 0 saturated carbocycles. The third-order valence-electron chi connectivity index (χ3n) is 2.85. The molecule has 2 rings (SSSR count). The van der Waals surface area contributed by atoms with Crippen molar-refractivity contribution >= 4 is 28.4 Å². The summed E-state index contributed by atoms with van der Waals surface area (Å²) in [5.74, 6) is 1.39. The van der Waals surface area contributed by atoms with Crippen molar-refractivity contribution in [2.45, 2.75) is 39.7 Å². The van der Waals surface area contributed by atoms with Crippen molar-refractivity contribution in [2.75, 3.05) is 0 Å². The van der Waals surface area contributed by atoms with Crippen molar-refractivity contribution in [3.8, 4) is 0 Å². The summed E-state index contributed by atoms with van der Waals surface area (Å²) in [5, 5.41) is 0. The highest BCUT2D eigenvalue weighted by atomic mass is 32.1. The molecule has 0 saturated heterocycles. The normalized spacial score (nSPS) is 11.3. The van der Waals surface area contributed by atoms with E-state index in [9.17, 15) is 0 Å². The predicted molar refractivity (Wildman–Crippen MR) is 77.8 cm³/mol. The second kappa shape index (κ2) is 5.02. The molecule has 0 amide bonds. The molecule has 5 heteroatoms. The Balaban J connectivity index is 2.52. The maximum absolute atomic E-state index is 5.58. The molecule has 0 aliphatic carbocycles. The first kappa shape index (κ1) is 13.0. The molecule has 0 atom stereocenters. The second-order valence-corrected chi connectivity index (χ2v) is 5.37. The molecule has 18 heavy (non-hydrogen) atoms. The van der Waals surface area contributed by atoms with Gasteiger partial charge in [0.25, 0.3) is 0 Å². The van der Waals surface area contributed by atoms with Gasteiger partial charge in [-0.15, -0.1) is 0 Å². The van der Waals surface area contributed by atoms with Crippen LogP contribution in [0.15, 0.2) is 12.3 Å². The zero-order valence-electron chi connectivity index (χ0n) is 11.0. The van der Waals surface area contributed by atoms with Gasteiger partial charge < -0.3 is 10.3 Å². The summed E-state index contributed by atoms with van der Waals surface area (Å²) in [7, 11) is 0. The minimum absolute atomic E-state index is 0.353. The minimum Gasteiger partial charge on any atom is -0.393 e. The van der Waals surface area contributed by atoms with Gasteiger partial charge in [-0.3, -0.25) is 0 Å². The fourth-order valence-electron chi connectivity index (χ4n) is 2.01. The Morgan fingerprint density at radius 1 is 1.50 bits per heavy atom. The molecule has 2 aromatic heterocycles. The second-order valence-electron chi connectivity index (χ2n) is 4.85. The lowest BCUT2D eigenvalue weighted by atomic mass is 10.2. The van der Waals surface area contributed by atoms with Crippen molar-refractivity contribution in [3.05, 3.63) is 23.7 Å². The SMILES string of the molecule is Cc1cnc2c(c1)nc(C(C)C)n2CCC(N)=S. The van der Waals surface area contributed by atoms with Gasteiger partial charge >= 0.3 is 0 Å². The lowest BCUT2D eigenvalue weighted by Crippen LogP contribution is -2.14. The number of pyridine rings is 1. The maximum atomic E-state index is 5.58. The van der Waals surface area contributed by atoms with Crippen LogP contribution in [0.1, 0.15) is 37.6 Å². The fraction of sp³-hybridized carbons (Fsp3) is 0.462. The molecule has 0 unspecified atom stereocenters. The molecule has 96 valence electrons. The number of imidazole rings is 1. The van der Waals surface area contributed by atoms with Crippen LogP contribution >= 0.6 is 12.2 Å². The third kappa shape index (κ3) is 2.51. The van der Waals surface area contributed by atoms with E-state index in [0.717, 1.165) is 29.1 Å². The monoisotopic (exact) mass is 262 g/mol. The Hall–Kier alpha value is -1.49. The number of nitrogens with zero attached hydrogens (tertiary/aromatic N) is 3. The van der Waals surface area contributed by atoms with E-state index in [0.29, 0.717) is 17.3 Å². The number of fused-ring (bicyclic) bond motifs is 1. The van der Waals surface area contributed by atoms with E-state index in [1.807, 2.05) is 13.1 Å². The van der Waals surface area contributed by atoms with Gasteiger partial charge in [-0.1, -0.05) is 26.1 Å². The highest BCUT2D eigenvalue weighted by Gasteiger charge is 2.14. The van der Waals surface area contributed by atoms with Crippen LogP contribution in [0, 0.1) is 6.92 Å². The Bertz CT molecular complexity index is 586. The Morgan fingerprint density at radius 2 is 2.22 bits per heavy atom. The van der Waals surface area contributed by atoms with Crippen LogP contribution in [0.2, 0.25) is 0 Å². The predicted octanol–water partition coefficient (Wildman–Crippen LogP) is 2.54. The smallest absolute Gasteiger partial charge is 0.160 e. The van der Waals surface area contributed by atoms with Crippen LogP contribution in [0.25, 0.3) is 11.2 Å². The number of thiocarbonyl (C=S) groups is 1. The van der Waals surface area contributed by atoms with E-state index in [1.54, 1.807) is 0 Å². The van der Waals surface area contributed by atoms with Gasteiger partial charge in [0.1, 0.15) is 11.3 Å². The van der Waals surface area contributed by atoms with Crippen molar-refractivity contribution in [2.24, 2.45) is 5.73 Å². The van der Waals surface area contributed by atoms with E-state index in [4.69, 9.17) is 18.0 Å². The molecule has 4 nitrogen and oxygen atoms in total. The van der Waals surface area contributed by atoms with E-state index in [2.05, 4.69) is 34.4 Å². The van der Waals surface area contributed by atoms with E-state index >= 15 is 0 Å². The van der Waals surface area contributed by atoms with E-state index < -0.39 is 0 Å². The summed E-state index contributed by atoms with van der Waals surface area (Å²) in [5.41, 5.74) is 8.57. The first-order valence-electron chi connectivity index (χ1n) is 6.10. The zero-order chi connectivity index (χ0) is 13.3. The lowest BCUT2D eigenvalue weighted by molar-refractivity contribution is 0.645. The summed E-state index contributed by atoms with van der Waals surface area (Å²) >= 11 is 4.94. The van der Waals surface area contributed by atoms with Crippen molar-refractivity contribution in [1.29, 1.82) is 0 Å². The van der Waals surface area contributed by atoms with E-state index in [-0.39, 0.29) is 0 Å². The summed E-state index contributed by atoms with van der Waals surface area (Å²) in [6, 6.07) is 2.06. The molecule has 0 radical (unpaired) electrons. The number of hydrogen-bond donors (Lipinski definition) is 1. The van der Waals surface area contributed by atoms with Gasteiger partial charge in [0.05, 0.1) is 4.99 Å². The van der Waals surface area contributed by atoms with Gasteiger partial charge in [0.15, 0.2) is 5.65 Å². The average molecular weight is 262 g/mol. The molecule has 0 aliphatic rings. The van der Waals surface area contributed by atoms with Crippen molar-refractivity contribution < 1.29 is 0 Å². The molecule has 0 fully saturated rings. The fourth-order valence-corrected chi connectivity index (χ4v) is 2.10. The number of aromatic nitrogens is 3. The Kier molecular flexibility index (Phi) is 3.61. The van der Waals surface area contributed by atoms with Crippen LogP contribution < -0.4 is 5.73 Å². The Morgan fingerprint density at radius 3 is 2.83 bits per heavy atom. The van der Waals surface area contributed by atoms with Crippen molar-refractivity contribution in [1.82, 2.24) is 14.5 Å². The largest absolute Gasteiger partial charge is 0.393 e. The van der Waals surface area contributed by atoms with Crippen LogP contribution in [0.3, 0.4) is 0 Å². The van der Waals surface area contributed by atoms with Gasteiger partial charge in [0.2, 0.25) is 0 Å². The highest BCUT2D eigenvalue weighted by molar-refractivity contribution is 7.80. The molecule has 0 aliphatic heterocycles. The van der Waals surface area contributed by atoms with Crippen LogP contribution in [0.4, 0.5) is 0 Å². The highest BCUT2D eigenvalue weighted by Crippen LogP contribution is 2.21. The lowest BCUT2D eigenvalue weighted by Gasteiger charge is -2.10. The summed E-state index contributed by atoms with van der Waals surface area (Å²) in [6.45, 7) is 7.03. The first-order chi connectivity index (χ1) is 8.49. The molecule has 0 aromatic carbocycles. The van der Waals surface area contributed by atoms with Crippen LogP contribution in [-0.2, 0) is 6.54 Å². The molecule has 2 N–H and O–H groups in total. The van der Waals surface area contributed by atoms with Gasteiger partial charge in [-0.25, -0.2) is 9.97 Å². The average Bonchev–Trinajstić information content (AvgIpc) is 2.64. The molecular formula is C13H18N4S. The zero-order valence-corrected chi connectivity index (χ0v) is 11.8. The minimum atomic E-state index is 0.353. The molecule has 0 bridgehead atoms. The molecule has 2 heterocycles. The quantitative estimate of drug-likeness (QED) is 0.860. The standard InChI is InChI=1S/C13H18N4S/c1-8(2)12-16-10-6-9(3)7-15-13(10)17(12)5-4-11(14)18/h6-8H,4-5H2,1-3H3,(H2,14,18). The number of nitrogens with two attached hydrogens (primary N) is 1. The molecular weight excluding hydrogens is 244 g/mol. The van der Waals surface area contributed by atoms with E-state index in [1.165, 1.54) is 0 Å². The Labute approximate surface area is 112 Å². The topological polar surface area (TPSA) is 56.7 Å². The van der Waals surface area contributed by atoms with Gasteiger partial charge in [-0.05, 0) is 18.6 Å². The summed E-state index contributed by atoms with van der Waals surface area (Å²) in [4.78, 5) is 9.67. The summed E-state index contributed by atoms with van der Waals surface area (Å²) in [6.07, 6.45) is 2.54. The van der Waals surface area contributed by atoms with Gasteiger partial charge in [-0.2, -0.15) is 0 Å². The van der Waals surface area contributed by atoms with Crippen LogP contribution in [0.5, 0.6) is 0 Å². The van der Waals surface area contributed by atoms with Crippen molar-refractivity contribution in [3.63, 3.8) is 0 Å². The number of rotatable bonds is 4. The van der Waals surface area contributed by atoms with Crippen LogP contribution in [-0.4, -0.2) is 19.5 Å². The maximum Gasteiger partial charge on any atom is 0.160 e. The number of hydrogen-bond acceptors (Lipinski definition) is 3. The molecule has 2 aromatic rings. The third-order valence-corrected chi connectivity index (χ3v) is 3.05. The summed E-state index contributed by atoms with van der Waals surface area (Å²) < 4.78 is 2.12. The van der Waals surface area contributed by atoms with Gasteiger partial charge in [0, 0.05) is 25.1 Å². The number of aryl methyl sites for hydroxylation is 2. The first-order valence-corrected chi connectivity index (χ1v) is 6.51.